The molecule has 8 heteroatoms. The lowest BCUT2D eigenvalue weighted by Gasteiger charge is -2.17. The van der Waals surface area contributed by atoms with Gasteiger partial charge in [0.05, 0.1) is 22.7 Å². The normalized spacial score (nSPS) is 14.4. The molecule has 1 amide bonds. The van der Waals surface area contributed by atoms with Gasteiger partial charge in [0.15, 0.2) is 0 Å². The summed E-state index contributed by atoms with van der Waals surface area (Å²) in [7, 11) is 0. The third-order valence-corrected chi connectivity index (χ3v) is 4.74. The maximum Gasteiger partial charge on any atom is 0.275 e. The number of amides is 1. The number of nitrogens with one attached hydrogen (secondary N) is 2. The fraction of sp³-hybridized carbons (Fsp3) is 0.400. The van der Waals surface area contributed by atoms with Crippen molar-refractivity contribution in [1.82, 2.24) is 10.6 Å². The predicted molar refractivity (Wildman–Crippen MR) is 116 cm³/mol. The van der Waals surface area contributed by atoms with Gasteiger partial charge in [0.1, 0.15) is 11.5 Å². The van der Waals surface area contributed by atoms with Gasteiger partial charge in [0.2, 0.25) is 0 Å². The van der Waals surface area contributed by atoms with Crippen LogP contribution < -0.4 is 16.4 Å². The van der Waals surface area contributed by atoms with E-state index in [-0.39, 0.29) is 12.3 Å². The molecule has 1 aromatic rings. The third-order valence-electron chi connectivity index (χ3n) is 4.00. The van der Waals surface area contributed by atoms with Gasteiger partial charge in [-0.05, 0) is 62.2 Å². The number of carbonyl (C=O) groups excluding carboxylic acids is 1. The molecular formula is C20H28Cl2N4O2. The van der Waals surface area contributed by atoms with E-state index in [1.165, 1.54) is 6.20 Å². The molecule has 1 rings (SSSR count). The van der Waals surface area contributed by atoms with Gasteiger partial charge >= 0.3 is 0 Å². The Kier molecular flexibility index (Phi) is 10.1. The van der Waals surface area contributed by atoms with Crippen LogP contribution in [0.3, 0.4) is 0 Å². The first-order chi connectivity index (χ1) is 13.2. The SMILES string of the molecule is CCC(C)=C(NCc1ccc(Cl)c(Cl)c1)NC(=O)C(=NCC(C)O)/C(C)=C\N. The summed E-state index contributed by atoms with van der Waals surface area (Å²) in [6.07, 6.45) is 1.41. The van der Waals surface area contributed by atoms with E-state index >= 15 is 0 Å². The first-order valence-corrected chi connectivity index (χ1v) is 9.75. The minimum atomic E-state index is -0.659. The predicted octanol–water partition coefficient (Wildman–Crippen LogP) is 3.53. The number of hydrogen-bond acceptors (Lipinski definition) is 5. The lowest BCUT2D eigenvalue weighted by molar-refractivity contribution is -0.114. The van der Waals surface area contributed by atoms with Gasteiger partial charge in [-0.3, -0.25) is 9.79 Å². The van der Waals surface area contributed by atoms with Crippen LogP contribution in [0.4, 0.5) is 0 Å². The zero-order valence-electron chi connectivity index (χ0n) is 16.6. The van der Waals surface area contributed by atoms with Crippen LogP contribution in [0.5, 0.6) is 0 Å². The van der Waals surface area contributed by atoms with Crippen molar-refractivity contribution in [3.8, 4) is 0 Å². The van der Waals surface area contributed by atoms with E-state index in [9.17, 15) is 9.90 Å². The number of rotatable bonds is 9. The van der Waals surface area contributed by atoms with E-state index in [0.29, 0.717) is 28.0 Å². The molecule has 0 saturated carbocycles. The first-order valence-electron chi connectivity index (χ1n) is 8.99. The Labute approximate surface area is 176 Å². The second kappa shape index (κ2) is 11.7. The smallest absolute Gasteiger partial charge is 0.275 e. The summed E-state index contributed by atoms with van der Waals surface area (Å²) in [6.45, 7) is 7.78. The first kappa shape index (κ1) is 24.0. The van der Waals surface area contributed by atoms with Crippen molar-refractivity contribution in [2.75, 3.05) is 6.54 Å². The monoisotopic (exact) mass is 426 g/mol. The molecule has 0 saturated heterocycles. The Morgan fingerprint density at radius 3 is 2.54 bits per heavy atom. The van der Waals surface area contributed by atoms with Crippen LogP contribution in [-0.2, 0) is 11.3 Å². The van der Waals surface area contributed by atoms with Gasteiger partial charge in [-0.2, -0.15) is 0 Å². The molecule has 0 fully saturated rings. The summed E-state index contributed by atoms with van der Waals surface area (Å²) in [5.74, 6) is 0.192. The van der Waals surface area contributed by atoms with E-state index in [1.54, 1.807) is 26.0 Å². The molecule has 0 aliphatic heterocycles. The molecule has 1 aromatic carbocycles. The standard InChI is InChI=1S/C20H28Cl2N4O2/c1-5-12(2)19(25-11-15-6-7-16(21)17(22)8-15)26-20(28)18(13(3)9-23)24-10-14(4)27/h6-9,14,25,27H,5,10-11,23H2,1-4H3,(H,26,28)/b13-9-,19-12?,24-18?. The summed E-state index contributed by atoms with van der Waals surface area (Å²) in [5, 5.41) is 16.5. The van der Waals surface area contributed by atoms with Crippen LogP contribution in [-0.4, -0.2) is 29.4 Å². The van der Waals surface area contributed by atoms with Gasteiger partial charge in [-0.25, -0.2) is 0 Å². The Morgan fingerprint density at radius 2 is 2.00 bits per heavy atom. The second-order valence-corrected chi connectivity index (χ2v) is 7.27. The number of nitrogens with two attached hydrogens (primary N) is 1. The average molecular weight is 427 g/mol. The molecule has 154 valence electrons. The van der Waals surface area contributed by atoms with Crippen molar-refractivity contribution in [1.29, 1.82) is 0 Å². The van der Waals surface area contributed by atoms with Gasteiger partial charge in [0.25, 0.3) is 5.91 Å². The third kappa shape index (κ3) is 7.54. The number of hydrogen-bond donors (Lipinski definition) is 4. The number of aliphatic imine (C=N–C) groups is 1. The topological polar surface area (TPSA) is 99.7 Å². The van der Waals surface area contributed by atoms with E-state index in [1.807, 2.05) is 19.9 Å². The van der Waals surface area contributed by atoms with Crippen LogP contribution in [0.2, 0.25) is 10.0 Å². The van der Waals surface area contributed by atoms with Crippen molar-refractivity contribution < 1.29 is 9.90 Å². The zero-order chi connectivity index (χ0) is 21.3. The largest absolute Gasteiger partial charge is 0.404 e. The highest BCUT2D eigenvalue weighted by atomic mass is 35.5. The molecule has 0 heterocycles. The van der Waals surface area contributed by atoms with Gasteiger partial charge in [-0.1, -0.05) is 36.2 Å². The summed E-state index contributed by atoms with van der Waals surface area (Å²) in [4.78, 5) is 17.0. The molecule has 1 unspecified atom stereocenters. The number of aliphatic hydroxyl groups excluding tert-OH is 1. The summed E-state index contributed by atoms with van der Waals surface area (Å²) in [5.41, 5.74) is 8.16. The van der Waals surface area contributed by atoms with Crippen molar-refractivity contribution in [2.24, 2.45) is 10.7 Å². The Balaban J connectivity index is 2.99. The fourth-order valence-corrected chi connectivity index (χ4v) is 2.49. The molecule has 6 nitrogen and oxygen atoms in total. The quantitative estimate of drug-likeness (QED) is 0.453. The van der Waals surface area contributed by atoms with Crippen LogP contribution in [0.1, 0.15) is 39.7 Å². The Bertz CT molecular complexity index is 786. The van der Waals surface area contributed by atoms with E-state index in [0.717, 1.165) is 17.6 Å². The van der Waals surface area contributed by atoms with Crippen LogP contribution in [0.15, 0.2) is 46.4 Å². The molecule has 0 bridgehead atoms. The maximum absolute atomic E-state index is 12.8. The lowest BCUT2D eigenvalue weighted by Crippen LogP contribution is -2.37. The summed E-state index contributed by atoms with van der Waals surface area (Å²) < 4.78 is 0. The molecule has 28 heavy (non-hydrogen) atoms. The highest BCUT2D eigenvalue weighted by Crippen LogP contribution is 2.22. The van der Waals surface area contributed by atoms with Gasteiger partial charge in [0, 0.05) is 6.54 Å². The van der Waals surface area contributed by atoms with Crippen molar-refractivity contribution in [2.45, 2.75) is 46.8 Å². The second-order valence-electron chi connectivity index (χ2n) is 6.45. The molecule has 0 aliphatic carbocycles. The minimum absolute atomic E-state index is 0.108. The molecule has 5 N–H and O–H groups in total. The molecule has 0 aliphatic rings. The summed E-state index contributed by atoms with van der Waals surface area (Å²) >= 11 is 12.0. The number of aliphatic hydroxyl groups is 1. The molecular weight excluding hydrogens is 399 g/mol. The van der Waals surface area contributed by atoms with Crippen molar-refractivity contribution in [3.05, 3.63) is 57.0 Å². The lowest BCUT2D eigenvalue weighted by atomic mass is 10.1. The molecule has 1 atom stereocenters. The van der Waals surface area contributed by atoms with Crippen LogP contribution in [0, 0.1) is 0 Å². The van der Waals surface area contributed by atoms with E-state index < -0.39 is 12.0 Å². The minimum Gasteiger partial charge on any atom is -0.404 e. The Morgan fingerprint density at radius 1 is 1.32 bits per heavy atom. The number of nitrogens with zero attached hydrogens (tertiary/aromatic N) is 1. The average Bonchev–Trinajstić information content (AvgIpc) is 2.66. The number of halogens is 2. The van der Waals surface area contributed by atoms with Crippen molar-refractivity contribution in [3.63, 3.8) is 0 Å². The van der Waals surface area contributed by atoms with E-state index in [2.05, 4.69) is 15.6 Å². The van der Waals surface area contributed by atoms with Crippen LogP contribution >= 0.6 is 23.2 Å². The van der Waals surface area contributed by atoms with E-state index in [4.69, 9.17) is 28.9 Å². The highest BCUT2D eigenvalue weighted by molar-refractivity contribution is 6.45. The maximum atomic E-state index is 12.8. The fourth-order valence-electron chi connectivity index (χ4n) is 2.17. The van der Waals surface area contributed by atoms with Gasteiger partial charge in [-0.15, -0.1) is 0 Å². The van der Waals surface area contributed by atoms with Gasteiger partial charge < -0.3 is 21.5 Å². The molecule has 0 radical (unpaired) electrons. The van der Waals surface area contributed by atoms with Crippen LogP contribution in [0.25, 0.3) is 0 Å². The van der Waals surface area contributed by atoms with Crippen molar-refractivity contribution >= 4 is 34.8 Å². The molecule has 0 aromatic heterocycles. The number of benzene rings is 1. The molecule has 0 spiro atoms. The zero-order valence-corrected chi connectivity index (χ0v) is 18.2. The number of carbonyl (C=O) groups is 1. The number of allylic oxidation sites excluding steroid dienone is 1. The Hall–Kier alpha value is -2.02. The summed E-state index contributed by atoms with van der Waals surface area (Å²) in [6, 6.07) is 5.36. The highest BCUT2D eigenvalue weighted by Gasteiger charge is 2.16.